The van der Waals surface area contributed by atoms with Gasteiger partial charge >= 0.3 is 12.1 Å². The SMILES string of the molecule is CC(=O)NCC1COC(=O)N(c2ccc3c(c2)CCCCN(c2c(F)cc4c(=O)c(C(=O)O)cn(C5CC5)c4c2Cl)C3)C1. The molecular formula is C31H32ClFN4O6. The van der Waals surface area contributed by atoms with Crippen LogP contribution in [0.15, 0.2) is 35.3 Å². The van der Waals surface area contributed by atoms with Crippen LogP contribution in [0.1, 0.15) is 60.1 Å². The van der Waals surface area contributed by atoms with E-state index in [0.717, 1.165) is 49.3 Å². The van der Waals surface area contributed by atoms with E-state index in [0.29, 0.717) is 37.4 Å². The quantitative estimate of drug-likeness (QED) is 0.408. The lowest BCUT2D eigenvalue weighted by Gasteiger charge is -2.33. The van der Waals surface area contributed by atoms with Crippen LogP contribution in [0, 0.1) is 11.7 Å². The number of fused-ring (bicyclic) bond motifs is 2. The molecule has 1 saturated carbocycles. The minimum atomic E-state index is -1.36. The maximum Gasteiger partial charge on any atom is 0.414 e. The molecule has 226 valence electrons. The molecule has 1 aliphatic carbocycles. The molecule has 2 N–H and O–H groups in total. The number of amides is 2. The summed E-state index contributed by atoms with van der Waals surface area (Å²) >= 11 is 6.91. The number of aromatic nitrogens is 1. The summed E-state index contributed by atoms with van der Waals surface area (Å²) in [4.78, 5) is 52.2. The van der Waals surface area contributed by atoms with Crippen LogP contribution in [-0.2, 0) is 22.5 Å². The van der Waals surface area contributed by atoms with Gasteiger partial charge in [-0.05, 0) is 61.4 Å². The highest BCUT2D eigenvalue weighted by atomic mass is 35.5. The number of ether oxygens (including phenoxy) is 1. The van der Waals surface area contributed by atoms with Crippen molar-refractivity contribution >= 4 is 51.8 Å². The summed E-state index contributed by atoms with van der Waals surface area (Å²) in [7, 11) is 0. The monoisotopic (exact) mass is 610 g/mol. The summed E-state index contributed by atoms with van der Waals surface area (Å²) in [5.41, 5.74) is 2.05. The second kappa shape index (κ2) is 11.5. The molecule has 10 nitrogen and oxygen atoms in total. The zero-order valence-electron chi connectivity index (χ0n) is 23.7. The second-order valence-corrected chi connectivity index (χ2v) is 11.9. The minimum absolute atomic E-state index is 0.00260. The molecule has 0 spiro atoms. The molecule has 0 radical (unpaired) electrons. The van der Waals surface area contributed by atoms with Gasteiger partial charge in [-0.1, -0.05) is 17.7 Å². The van der Waals surface area contributed by atoms with E-state index in [9.17, 15) is 24.3 Å². The Morgan fingerprint density at radius 1 is 1.16 bits per heavy atom. The summed E-state index contributed by atoms with van der Waals surface area (Å²) in [5, 5.41) is 12.4. The van der Waals surface area contributed by atoms with Crippen molar-refractivity contribution in [2.45, 2.75) is 51.6 Å². The minimum Gasteiger partial charge on any atom is -0.477 e. The smallest absolute Gasteiger partial charge is 0.414 e. The van der Waals surface area contributed by atoms with Crippen molar-refractivity contribution in [1.82, 2.24) is 9.88 Å². The lowest BCUT2D eigenvalue weighted by molar-refractivity contribution is -0.119. The molecule has 43 heavy (non-hydrogen) atoms. The molecule has 3 aliphatic rings. The molecule has 2 amide bonds. The summed E-state index contributed by atoms with van der Waals surface area (Å²) in [5.74, 6) is -2.23. The van der Waals surface area contributed by atoms with Gasteiger partial charge in [-0.2, -0.15) is 0 Å². The van der Waals surface area contributed by atoms with E-state index in [2.05, 4.69) is 5.32 Å². The number of rotatable bonds is 6. The third kappa shape index (κ3) is 5.65. The number of benzene rings is 2. The molecule has 0 bridgehead atoms. The number of carbonyl (C=O) groups excluding carboxylic acids is 2. The number of anilines is 2. The van der Waals surface area contributed by atoms with Gasteiger partial charge in [-0.3, -0.25) is 14.5 Å². The van der Waals surface area contributed by atoms with E-state index in [-0.39, 0.29) is 40.6 Å². The molecule has 1 saturated heterocycles. The van der Waals surface area contributed by atoms with Crippen LogP contribution in [0.25, 0.3) is 10.9 Å². The fourth-order valence-electron chi connectivity index (χ4n) is 6.05. The third-order valence-corrected chi connectivity index (χ3v) is 8.76. The first-order valence-electron chi connectivity index (χ1n) is 14.5. The average molecular weight is 611 g/mol. The Morgan fingerprint density at radius 3 is 2.67 bits per heavy atom. The summed E-state index contributed by atoms with van der Waals surface area (Å²) < 4.78 is 22.9. The normalized spacial score (nSPS) is 19.0. The third-order valence-electron chi connectivity index (χ3n) is 8.40. The van der Waals surface area contributed by atoms with Crippen LogP contribution in [0.3, 0.4) is 0 Å². The molecule has 1 aromatic heterocycles. The van der Waals surface area contributed by atoms with Crippen LogP contribution in [0.4, 0.5) is 20.6 Å². The first-order valence-corrected chi connectivity index (χ1v) is 14.9. The molecule has 2 aromatic carbocycles. The van der Waals surface area contributed by atoms with Gasteiger partial charge in [0.25, 0.3) is 0 Å². The van der Waals surface area contributed by atoms with E-state index < -0.39 is 28.9 Å². The topological polar surface area (TPSA) is 121 Å². The molecule has 6 rings (SSSR count). The van der Waals surface area contributed by atoms with Gasteiger partial charge in [-0.15, -0.1) is 0 Å². The van der Waals surface area contributed by atoms with Crippen LogP contribution in [-0.4, -0.2) is 53.9 Å². The standard InChI is InChI=1S/C31H32ClFN4O6/c1-17(38)34-12-18-13-37(31(42)43-16-18)22-6-5-20-14-35(9-3-2-4-19(20)10-22)28-25(33)11-23-27(26(28)32)36(21-7-8-21)15-24(29(23)39)30(40)41/h5-6,10-11,15,18,21H,2-4,7-9,12-14,16H2,1H3,(H,34,38)(H,40,41). The van der Waals surface area contributed by atoms with E-state index in [1.54, 1.807) is 9.47 Å². The van der Waals surface area contributed by atoms with Crippen molar-refractivity contribution in [2.24, 2.45) is 5.92 Å². The van der Waals surface area contributed by atoms with E-state index in [1.807, 2.05) is 23.1 Å². The molecule has 12 heteroatoms. The van der Waals surface area contributed by atoms with Crippen molar-refractivity contribution in [3.8, 4) is 0 Å². The first-order chi connectivity index (χ1) is 20.6. The van der Waals surface area contributed by atoms with Crippen molar-refractivity contribution in [3.05, 3.63) is 68.2 Å². The Morgan fingerprint density at radius 2 is 1.95 bits per heavy atom. The number of carbonyl (C=O) groups is 3. The van der Waals surface area contributed by atoms with Gasteiger partial charge in [0.1, 0.15) is 11.4 Å². The Kier molecular flexibility index (Phi) is 7.76. The summed E-state index contributed by atoms with van der Waals surface area (Å²) in [6.45, 7) is 3.39. The molecule has 3 heterocycles. The second-order valence-electron chi connectivity index (χ2n) is 11.6. The highest BCUT2D eigenvalue weighted by molar-refractivity contribution is 6.38. The van der Waals surface area contributed by atoms with Gasteiger partial charge in [0, 0.05) is 56.9 Å². The molecule has 3 aromatic rings. The highest BCUT2D eigenvalue weighted by Gasteiger charge is 2.32. The number of cyclic esters (lactones) is 1. The number of aromatic carboxylic acids is 1. The molecule has 2 fully saturated rings. The van der Waals surface area contributed by atoms with Crippen molar-refractivity contribution in [3.63, 3.8) is 0 Å². The maximum atomic E-state index is 15.8. The number of aryl methyl sites for hydroxylation is 1. The van der Waals surface area contributed by atoms with Crippen molar-refractivity contribution in [1.29, 1.82) is 0 Å². The summed E-state index contributed by atoms with van der Waals surface area (Å²) in [6.07, 6.45) is 4.89. The number of halogens is 2. The van der Waals surface area contributed by atoms with E-state index >= 15 is 4.39 Å². The number of pyridine rings is 1. The molecular weight excluding hydrogens is 579 g/mol. The predicted octanol–water partition coefficient (Wildman–Crippen LogP) is 4.88. The van der Waals surface area contributed by atoms with Gasteiger partial charge in [0.05, 0.1) is 28.2 Å². The van der Waals surface area contributed by atoms with Crippen molar-refractivity contribution in [2.75, 3.05) is 36.0 Å². The highest BCUT2D eigenvalue weighted by Crippen LogP contribution is 2.43. The van der Waals surface area contributed by atoms with Crippen LogP contribution >= 0.6 is 11.6 Å². The fraction of sp³-hybridized carbons (Fsp3) is 0.419. The maximum absolute atomic E-state index is 15.8. The predicted molar refractivity (Wildman–Crippen MR) is 160 cm³/mol. The lowest BCUT2D eigenvalue weighted by Crippen LogP contribution is -2.47. The van der Waals surface area contributed by atoms with Crippen molar-refractivity contribution < 1.29 is 28.6 Å². The van der Waals surface area contributed by atoms with Gasteiger partial charge in [0.2, 0.25) is 11.3 Å². The number of hydrogen-bond donors (Lipinski definition) is 2. The molecule has 1 unspecified atom stereocenters. The number of nitrogens with one attached hydrogen (secondary N) is 1. The first kappa shape index (κ1) is 29.0. The largest absolute Gasteiger partial charge is 0.477 e. The average Bonchev–Trinajstić information content (AvgIpc) is 3.80. The van der Waals surface area contributed by atoms with E-state index in [1.165, 1.54) is 13.1 Å². The Balaban J connectivity index is 1.34. The molecule has 2 aliphatic heterocycles. The number of nitrogens with zero attached hydrogens (tertiary/aromatic N) is 3. The van der Waals surface area contributed by atoms with Gasteiger partial charge < -0.3 is 24.6 Å². The van der Waals surface area contributed by atoms with Gasteiger partial charge in [0.15, 0.2) is 0 Å². The molecule has 1 atom stereocenters. The lowest BCUT2D eigenvalue weighted by atomic mass is 9.97. The number of hydrogen-bond acceptors (Lipinski definition) is 6. The van der Waals surface area contributed by atoms with Crippen LogP contribution in [0.2, 0.25) is 5.02 Å². The van der Waals surface area contributed by atoms with Crippen LogP contribution < -0.4 is 20.5 Å². The van der Waals surface area contributed by atoms with Crippen LogP contribution in [0.5, 0.6) is 0 Å². The zero-order chi connectivity index (χ0) is 30.4. The Hall–Kier alpha value is -4.12. The summed E-state index contributed by atoms with van der Waals surface area (Å²) in [6, 6.07) is 6.86. The number of carboxylic acid groups (broad SMARTS) is 1. The Labute approximate surface area is 252 Å². The fourth-order valence-corrected chi connectivity index (χ4v) is 6.46. The Bertz CT molecular complexity index is 1700. The number of carboxylic acids is 1. The van der Waals surface area contributed by atoms with Gasteiger partial charge in [-0.25, -0.2) is 14.0 Å². The van der Waals surface area contributed by atoms with E-state index in [4.69, 9.17) is 16.3 Å². The zero-order valence-corrected chi connectivity index (χ0v) is 24.5.